The van der Waals surface area contributed by atoms with E-state index in [0.717, 1.165) is 12.8 Å². The lowest BCUT2D eigenvalue weighted by molar-refractivity contribution is -0.123. The first kappa shape index (κ1) is 14.2. The minimum absolute atomic E-state index is 0.0681. The number of carbonyl (C=O) groups excluding carboxylic acids is 2. The number of hydrogen-bond acceptors (Lipinski definition) is 3. The molecule has 0 unspecified atom stereocenters. The van der Waals surface area contributed by atoms with Crippen LogP contribution in [0.2, 0.25) is 0 Å². The van der Waals surface area contributed by atoms with E-state index < -0.39 is 0 Å². The molecule has 0 saturated heterocycles. The van der Waals surface area contributed by atoms with E-state index >= 15 is 0 Å². The van der Waals surface area contributed by atoms with E-state index in [2.05, 4.69) is 5.32 Å². The summed E-state index contributed by atoms with van der Waals surface area (Å²) < 4.78 is 5.34. The van der Waals surface area contributed by atoms with Gasteiger partial charge in [-0.15, -0.1) is 0 Å². The number of aldehydes is 1. The second kappa shape index (κ2) is 7.48. The summed E-state index contributed by atoms with van der Waals surface area (Å²) in [4.78, 5) is 22.4. The van der Waals surface area contributed by atoms with Crippen molar-refractivity contribution in [3.8, 4) is 5.75 Å². The van der Waals surface area contributed by atoms with Crippen molar-refractivity contribution in [2.45, 2.75) is 32.7 Å². The monoisotopic (exact) mass is 249 g/mol. The minimum atomic E-state index is -0.163. The van der Waals surface area contributed by atoms with E-state index in [9.17, 15) is 9.59 Å². The summed E-state index contributed by atoms with van der Waals surface area (Å²) in [6.45, 7) is 3.98. The normalized spacial score (nSPS) is 10.2. The molecule has 1 amide bonds. The molecule has 0 bridgehead atoms. The zero-order valence-corrected chi connectivity index (χ0v) is 10.8. The van der Waals surface area contributed by atoms with Crippen LogP contribution < -0.4 is 10.1 Å². The Labute approximate surface area is 107 Å². The quantitative estimate of drug-likeness (QED) is 0.753. The number of carbonyl (C=O) groups is 2. The van der Waals surface area contributed by atoms with Gasteiger partial charge < -0.3 is 10.1 Å². The first-order valence-electron chi connectivity index (χ1n) is 6.17. The number of nitrogens with one attached hydrogen (secondary N) is 1. The maximum absolute atomic E-state index is 11.6. The van der Waals surface area contributed by atoms with Crippen LogP contribution in [0.4, 0.5) is 0 Å². The number of benzene rings is 1. The maximum atomic E-state index is 11.6. The molecule has 1 N–H and O–H groups in total. The first-order chi connectivity index (χ1) is 8.71. The molecule has 0 atom stereocenters. The molecule has 0 aliphatic heterocycles. The fourth-order valence-corrected chi connectivity index (χ4v) is 1.61. The zero-order chi connectivity index (χ0) is 13.4. The Bertz CT molecular complexity index is 400. The van der Waals surface area contributed by atoms with Crippen molar-refractivity contribution >= 4 is 12.2 Å². The van der Waals surface area contributed by atoms with Crippen LogP contribution in [0.15, 0.2) is 24.3 Å². The van der Waals surface area contributed by atoms with Crippen LogP contribution in [0.5, 0.6) is 5.75 Å². The second-order valence-corrected chi connectivity index (χ2v) is 4.03. The van der Waals surface area contributed by atoms with Crippen molar-refractivity contribution < 1.29 is 14.3 Å². The third kappa shape index (κ3) is 4.20. The molecule has 1 rings (SSSR count). The molecule has 1 aromatic carbocycles. The Hall–Kier alpha value is -1.84. The summed E-state index contributed by atoms with van der Waals surface area (Å²) >= 11 is 0. The van der Waals surface area contributed by atoms with Gasteiger partial charge in [-0.3, -0.25) is 9.59 Å². The van der Waals surface area contributed by atoms with Gasteiger partial charge in [0.2, 0.25) is 0 Å². The minimum Gasteiger partial charge on any atom is -0.483 e. The van der Waals surface area contributed by atoms with E-state index in [1.165, 1.54) is 0 Å². The second-order valence-electron chi connectivity index (χ2n) is 4.03. The lowest BCUT2D eigenvalue weighted by Crippen LogP contribution is -2.37. The van der Waals surface area contributed by atoms with Crippen LogP contribution in [0.3, 0.4) is 0 Å². The lowest BCUT2D eigenvalue weighted by atomic mass is 10.2. The van der Waals surface area contributed by atoms with Crippen molar-refractivity contribution in [3.05, 3.63) is 29.8 Å². The summed E-state index contributed by atoms with van der Waals surface area (Å²) in [5, 5.41) is 2.87. The Morgan fingerprint density at radius 3 is 2.61 bits per heavy atom. The Morgan fingerprint density at radius 2 is 2.00 bits per heavy atom. The van der Waals surface area contributed by atoms with Gasteiger partial charge in [-0.25, -0.2) is 0 Å². The van der Waals surface area contributed by atoms with Crippen molar-refractivity contribution in [3.63, 3.8) is 0 Å². The molecule has 0 radical (unpaired) electrons. The van der Waals surface area contributed by atoms with Gasteiger partial charge in [0.1, 0.15) is 5.75 Å². The fourth-order valence-electron chi connectivity index (χ4n) is 1.61. The van der Waals surface area contributed by atoms with Crippen LogP contribution in [-0.4, -0.2) is 24.8 Å². The van der Waals surface area contributed by atoms with Crippen LogP contribution >= 0.6 is 0 Å². The predicted octanol–water partition coefficient (Wildman–Crippen LogP) is 2.18. The third-order valence-electron chi connectivity index (χ3n) is 2.76. The number of para-hydroxylation sites is 1. The smallest absolute Gasteiger partial charge is 0.258 e. The van der Waals surface area contributed by atoms with E-state index in [1.807, 2.05) is 13.8 Å². The number of amides is 1. The third-order valence-corrected chi connectivity index (χ3v) is 2.76. The highest BCUT2D eigenvalue weighted by Crippen LogP contribution is 2.15. The molecule has 0 heterocycles. The fraction of sp³-hybridized carbons (Fsp3) is 0.429. The summed E-state index contributed by atoms with van der Waals surface area (Å²) in [5.41, 5.74) is 0.452. The lowest BCUT2D eigenvalue weighted by Gasteiger charge is -2.15. The average molecular weight is 249 g/mol. The van der Waals surface area contributed by atoms with Crippen molar-refractivity contribution in [1.29, 1.82) is 0 Å². The zero-order valence-electron chi connectivity index (χ0n) is 10.8. The molecule has 0 aliphatic rings. The van der Waals surface area contributed by atoms with Gasteiger partial charge in [-0.2, -0.15) is 0 Å². The van der Waals surface area contributed by atoms with Crippen LogP contribution in [0.1, 0.15) is 37.0 Å². The van der Waals surface area contributed by atoms with Crippen LogP contribution in [0.25, 0.3) is 0 Å². The molecule has 0 saturated carbocycles. The van der Waals surface area contributed by atoms with Crippen molar-refractivity contribution in [2.75, 3.05) is 6.61 Å². The molecule has 18 heavy (non-hydrogen) atoms. The van der Waals surface area contributed by atoms with E-state index in [-0.39, 0.29) is 18.6 Å². The molecule has 4 heteroatoms. The molecule has 98 valence electrons. The van der Waals surface area contributed by atoms with Crippen molar-refractivity contribution in [2.24, 2.45) is 0 Å². The molecule has 0 aliphatic carbocycles. The number of hydrogen-bond donors (Lipinski definition) is 1. The highest BCUT2D eigenvalue weighted by molar-refractivity contribution is 5.80. The first-order valence-corrected chi connectivity index (χ1v) is 6.17. The molecule has 1 aromatic rings. The van der Waals surface area contributed by atoms with Crippen molar-refractivity contribution in [1.82, 2.24) is 5.32 Å². The molecule has 0 aromatic heterocycles. The number of ether oxygens (including phenoxy) is 1. The topological polar surface area (TPSA) is 55.4 Å². The van der Waals surface area contributed by atoms with Gasteiger partial charge in [0.05, 0.1) is 5.56 Å². The Balaban J connectivity index is 2.49. The Kier molecular flexibility index (Phi) is 5.91. The number of rotatable bonds is 7. The van der Waals surface area contributed by atoms with E-state index in [1.54, 1.807) is 24.3 Å². The molecule has 0 spiro atoms. The van der Waals surface area contributed by atoms with Gasteiger partial charge in [0.25, 0.3) is 5.91 Å². The highest BCUT2D eigenvalue weighted by atomic mass is 16.5. The summed E-state index contributed by atoms with van der Waals surface area (Å²) in [6, 6.07) is 7.03. The van der Waals surface area contributed by atoms with Gasteiger partial charge >= 0.3 is 0 Å². The largest absolute Gasteiger partial charge is 0.483 e. The predicted molar refractivity (Wildman–Crippen MR) is 69.8 cm³/mol. The average Bonchev–Trinajstić information content (AvgIpc) is 2.42. The SMILES string of the molecule is CCC(CC)NC(=O)COc1ccccc1C=O. The standard InChI is InChI=1S/C14H19NO3/c1-3-12(4-2)15-14(17)10-18-13-8-6-5-7-11(13)9-16/h5-9,12H,3-4,10H2,1-2H3,(H,15,17). The van der Waals surface area contributed by atoms with Gasteiger partial charge in [-0.1, -0.05) is 26.0 Å². The molecular weight excluding hydrogens is 230 g/mol. The summed E-state index contributed by atoms with van der Waals surface area (Å²) in [5.74, 6) is 0.275. The molecule has 0 fully saturated rings. The summed E-state index contributed by atoms with van der Waals surface area (Å²) in [7, 11) is 0. The maximum Gasteiger partial charge on any atom is 0.258 e. The molecular formula is C14H19NO3. The van der Waals surface area contributed by atoms with E-state index in [0.29, 0.717) is 17.6 Å². The Morgan fingerprint density at radius 1 is 1.33 bits per heavy atom. The van der Waals surface area contributed by atoms with Gasteiger partial charge in [-0.05, 0) is 25.0 Å². The van der Waals surface area contributed by atoms with Crippen LogP contribution in [-0.2, 0) is 4.79 Å². The van der Waals surface area contributed by atoms with E-state index in [4.69, 9.17) is 4.74 Å². The summed E-state index contributed by atoms with van der Waals surface area (Å²) in [6.07, 6.45) is 2.51. The van der Waals surface area contributed by atoms with Gasteiger partial charge in [0.15, 0.2) is 12.9 Å². The van der Waals surface area contributed by atoms with Crippen LogP contribution in [0, 0.1) is 0 Å². The van der Waals surface area contributed by atoms with Gasteiger partial charge in [0, 0.05) is 6.04 Å². The highest BCUT2D eigenvalue weighted by Gasteiger charge is 2.09. The molecule has 4 nitrogen and oxygen atoms in total.